The van der Waals surface area contributed by atoms with E-state index in [0.717, 1.165) is 87.7 Å². The molecule has 378 valence electrons. The van der Waals surface area contributed by atoms with Gasteiger partial charge in [-0.05, 0) is 195 Å². The molecule has 3 aliphatic carbocycles. The topological polar surface area (TPSA) is 178 Å². The molecule has 3 heterocycles. The van der Waals surface area contributed by atoms with Crippen molar-refractivity contribution in [2.45, 2.75) is 115 Å². The molecule has 11 heteroatoms. The predicted molar refractivity (Wildman–Crippen MR) is 281 cm³/mol. The number of carbonyl (C=O) groups is 2. The lowest BCUT2D eigenvalue weighted by atomic mass is 9.55. The number of aryl methyl sites for hydroxylation is 3. The molecule has 3 fully saturated rings. The zero-order valence-electron chi connectivity index (χ0n) is 41.6. The number of aromatic hydroxyl groups is 1. The summed E-state index contributed by atoms with van der Waals surface area (Å²) in [6.07, 6.45) is 26.5. The van der Waals surface area contributed by atoms with E-state index in [2.05, 4.69) is 94.1 Å². The largest absolute Gasteiger partial charge is 0.504 e. The van der Waals surface area contributed by atoms with Crippen molar-refractivity contribution in [1.82, 2.24) is 21.3 Å². The summed E-state index contributed by atoms with van der Waals surface area (Å²) in [5.41, 5.74) is 13.8. The highest BCUT2D eigenvalue weighted by atomic mass is 16.6. The zero-order chi connectivity index (χ0) is 49.3. The van der Waals surface area contributed by atoms with Crippen LogP contribution in [0.5, 0.6) is 11.5 Å². The van der Waals surface area contributed by atoms with Crippen molar-refractivity contribution in [1.29, 1.82) is 0 Å². The lowest BCUT2D eigenvalue weighted by molar-refractivity contribution is -0.125. The molecule has 0 amide bonds. The Morgan fingerprint density at radius 3 is 2.58 bits per heavy atom. The van der Waals surface area contributed by atoms with E-state index in [-0.39, 0.29) is 47.0 Å². The molecular formula is C60H77N5O6. The second kappa shape index (κ2) is 23.6. The molecule has 71 heavy (non-hydrogen) atoms. The number of hydrogen-bond acceptors (Lipinski definition) is 11. The van der Waals surface area contributed by atoms with E-state index in [0.29, 0.717) is 66.6 Å². The maximum atomic E-state index is 13.9. The van der Waals surface area contributed by atoms with Gasteiger partial charge in [-0.25, -0.2) is 0 Å². The summed E-state index contributed by atoms with van der Waals surface area (Å²) in [6, 6.07) is 23.3. The van der Waals surface area contributed by atoms with E-state index >= 15 is 0 Å². The maximum absolute atomic E-state index is 13.9. The number of aliphatic hydroxyl groups is 2. The van der Waals surface area contributed by atoms with Crippen LogP contribution in [0.3, 0.4) is 0 Å². The average molecular weight is 964 g/mol. The molecule has 3 aromatic rings. The molecule has 11 unspecified atom stereocenters. The van der Waals surface area contributed by atoms with Gasteiger partial charge in [-0.1, -0.05) is 85.0 Å². The van der Waals surface area contributed by atoms with Gasteiger partial charge in [0.05, 0.1) is 18.7 Å². The van der Waals surface area contributed by atoms with E-state index in [4.69, 9.17) is 10.5 Å². The summed E-state index contributed by atoms with van der Waals surface area (Å²) in [5, 5.41) is 45.4. The number of phenols is 1. The van der Waals surface area contributed by atoms with Gasteiger partial charge in [0.1, 0.15) is 5.78 Å². The Kier molecular flexibility index (Phi) is 16.9. The number of piperidine rings is 1. The van der Waals surface area contributed by atoms with Crippen LogP contribution in [0.2, 0.25) is 0 Å². The Hall–Kier alpha value is -5.14. The number of rotatable bonds is 21. The third-order valence-electron chi connectivity index (χ3n) is 16.8. The second-order valence-corrected chi connectivity index (χ2v) is 21.8. The highest BCUT2D eigenvalue weighted by Gasteiger charge is 2.54. The lowest BCUT2D eigenvalue weighted by Gasteiger charge is -2.54. The Labute approximate surface area is 421 Å². The smallest absolute Gasteiger partial charge is 0.186 e. The highest BCUT2D eigenvalue weighted by Crippen LogP contribution is 2.58. The SMILES string of the molecule is CC(O)CNC1CC2C=CC(CC(=O)CC(=O)C=Cc3cc(OCO)c(O)cc3CC3=CNC(N)C=C3CCc3cccc(CCc4ccccc4)c3)CC2(CC2C3CCNCC3CC3C=CCNC32)C1. The number of fused-ring (bicyclic) bond motifs is 3. The maximum Gasteiger partial charge on any atom is 0.186 e. The summed E-state index contributed by atoms with van der Waals surface area (Å²) in [4.78, 5) is 27.6. The third-order valence-corrected chi connectivity index (χ3v) is 16.8. The van der Waals surface area contributed by atoms with Gasteiger partial charge in [-0.15, -0.1) is 0 Å². The Morgan fingerprint density at radius 1 is 0.958 bits per heavy atom. The van der Waals surface area contributed by atoms with Gasteiger partial charge in [0.25, 0.3) is 0 Å². The van der Waals surface area contributed by atoms with Gasteiger partial charge < -0.3 is 47.1 Å². The third kappa shape index (κ3) is 12.9. The van der Waals surface area contributed by atoms with Crippen LogP contribution in [0.25, 0.3) is 6.08 Å². The molecular weight excluding hydrogens is 887 g/mol. The highest BCUT2D eigenvalue weighted by molar-refractivity contribution is 6.06. The zero-order valence-corrected chi connectivity index (χ0v) is 41.6. The van der Waals surface area contributed by atoms with Crippen molar-refractivity contribution in [2.24, 2.45) is 46.7 Å². The van der Waals surface area contributed by atoms with E-state index in [9.17, 15) is 24.9 Å². The van der Waals surface area contributed by atoms with Crippen molar-refractivity contribution in [3.05, 3.63) is 148 Å². The Bertz CT molecular complexity index is 2480. The number of aliphatic hydroxyl groups excluding tert-OH is 2. The van der Waals surface area contributed by atoms with Crippen LogP contribution in [0.1, 0.15) is 92.5 Å². The first-order chi connectivity index (χ1) is 34.5. The number of carbonyl (C=O) groups excluding carboxylic acids is 2. The molecule has 9 rings (SSSR count). The van der Waals surface area contributed by atoms with Crippen LogP contribution in [0.15, 0.2) is 121 Å². The van der Waals surface area contributed by atoms with Crippen LogP contribution in [0, 0.1) is 40.9 Å². The molecule has 0 spiro atoms. The normalized spacial score (nSPS) is 29.3. The fraction of sp³-hybridized carbons (Fsp3) is 0.500. The average Bonchev–Trinajstić information content (AvgIpc) is 3.73. The van der Waals surface area contributed by atoms with Crippen molar-refractivity contribution in [3.63, 3.8) is 0 Å². The van der Waals surface area contributed by atoms with Gasteiger partial charge >= 0.3 is 0 Å². The number of nitrogens with two attached hydrogens (primary N) is 1. The van der Waals surface area contributed by atoms with Crippen LogP contribution >= 0.6 is 0 Å². The van der Waals surface area contributed by atoms with Gasteiger partial charge in [-0.2, -0.15) is 0 Å². The number of phenolic OH excluding ortho intramolecular Hbond substituents is 1. The van der Waals surface area contributed by atoms with E-state index in [1.165, 1.54) is 35.6 Å². The molecule has 0 radical (unpaired) electrons. The minimum atomic E-state index is -0.623. The van der Waals surface area contributed by atoms with E-state index in [1.807, 2.05) is 25.3 Å². The van der Waals surface area contributed by atoms with Gasteiger partial charge in [-0.3, -0.25) is 9.59 Å². The number of dihydropyridines is 1. The molecule has 1 saturated heterocycles. The number of hydrogen-bond donors (Lipinski definition) is 8. The molecule has 0 aromatic heterocycles. The molecule has 3 aliphatic heterocycles. The summed E-state index contributed by atoms with van der Waals surface area (Å²) in [6.45, 7) is 4.87. The number of Topliss-reactive ketones (excluding diaryl/α,β-unsaturated/α-hetero) is 1. The fourth-order valence-corrected chi connectivity index (χ4v) is 13.5. The first-order valence-electron chi connectivity index (χ1n) is 26.6. The Balaban J connectivity index is 0.859. The van der Waals surface area contributed by atoms with Crippen LogP contribution in [-0.2, 0) is 35.3 Å². The Morgan fingerprint density at radius 2 is 1.76 bits per heavy atom. The molecule has 11 atom stereocenters. The minimum absolute atomic E-state index is 0.0333. The number of allylic oxidation sites excluding steroid dienone is 5. The van der Waals surface area contributed by atoms with E-state index in [1.54, 1.807) is 18.2 Å². The van der Waals surface area contributed by atoms with Crippen LogP contribution in [0.4, 0.5) is 0 Å². The van der Waals surface area contributed by atoms with E-state index < -0.39 is 12.9 Å². The summed E-state index contributed by atoms with van der Waals surface area (Å²) < 4.78 is 5.37. The van der Waals surface area contributed by atoms with Gasteiger partial charge in [0, 0.05) is 37.8 Å². The lowest BCUT2D eigenvalue weighted by Crippen LogP contribution is -2.57. The number of ether oxygens (including phenoxy) is 1. The number of nitrogens with one attached hydrogen (secondary N) is 4. The van der Waals surface area contributed by atoms with Crippen LogP contribution < -0.4 is 31.7 Å². The minimum Gasteiger partial charge on any atom is -0.504 e. The molecule has 2 saturated carbocycles. The van der Waals surface area contributed by atoms with Crippen molar-refractivity contribution in [2.75, 3.05) is 33.0 Å². The number of benzene rings is 3. The summed E-state index contributed by atoms with van der Waals surface area (Å²) >= 11 is 0. The first-order valence-corrected chi connectivity index (χ1v) is 26.6. The molecule has 11 nitrogen and oxygen atoms in total. The predicted octanol–water partition coefficient (Wildman–Crippen LogP) is 7.40. The molecule has 0 bridgehead atoms. The molecule has 3 aromatic carbocycles. The fourth-order valence-electron chi connectivity index (χ4n) is 13.5. The summed E-state index contributed by atoms with van der Waals surface area (Å²) in [7, 11) is 0. The summed E-state index contributed by atoms with van der Waals surface area (Å²) in [5.74, 6) is 2.51. The molecule has 6 aliphatic rings. The monoisotopic (exact) mass is 964 g/mol. The second-order valence-electron chi connectivity index (χ2n) is 21.8. The van der Waals surface area contributed by atoms with Crippen molar-refractivity contribution in [3.8, 4) is 11.5 Å². The first kappa shape index (κ1) is 50.8. The van der Waals surface area contributed by atoms with Crippen LogP contribution in [-0.4, -0.2) is 84.2 Å². The van der Waals surface area contributed by atoms with Gasteiger partial charge in [0.2, 0.25) is 0 Å². The molecule has 9 N–H and O–H groups in total. The van der Waals surface area contributed by atoms with Gasteiger partial charge in [0.15, 0.2) is 24.1 Å². The van der Waals surface area contributed by atoms with Crippen molar-refractivity contribution < 1.29 is 29.6 Å². The quantitative estimate of drug-likeness (QED) is 0.0231. The van der Waals surface area contributed by atoms with Crippen molar-refractivity contribution >= 4 is 17.6 Å². The number of ketones is 2. The standard InChI is InChI=1S/C60H77N5O6/c1-39(67)35-64-51-30-50-18-15-43(32-60(50,33-51)34-55-54-20-22-62-36-49(54)25-46-11-6-21-63-59(46)55)24-53(69)31-52(68)19-17-44-28-57(71-38-66)56(70)27-47(44)26-48-37-65-58(61)29-45(48)16-14-42-10-5-9-41(23-42)13-12-40-7-3-2-4-8-40/h2-11,15,17-19,23,27-29,37,39,43,46,49-51,54-55,58-59,62-67,70H,12-14,16,20-22,24-26,30-36,38,61H2,1H3.